The number of amides is 1. The number of carbonyl (C=O) groups is 1. The Morgan fingerprint density at radius 1 is 1.13 bits per heavy atom. The summed E-state index contributed by atoms with van der Waals surface area (Å²) in [6, 6.07) is 10.2. The van der Waals surface area contributed by atoms with E-state index in [-0.39, 0.29) is 5.03 Å². The number of hydrogen-bond acceptors (Lipinski definition) is 7. The molecular formula is C28H34ClN3O5S. The van der Waals surface area contributed by atoms with E-state index in [4.69, 9.17) is 16.3 Å². The predicted molar refractivity (Wildman–Crippen MR) is 144 cm³/mol. The highest BCUT2D eigenvalue weighted by atomic mass is 35.5. The van der Waals surface area contributed by atoms with Crippen LogP contribution < -0.4 is 14.4 Å². The Morgan fingerprint density at radius 3 is 2.55 bits per heavy atom. The fraction of sp³-hybridized carbons (Fsp3) is 0.571. The van der Waals surface area contributed by atoms with Crippen LogP contribution in [0.15, 0.2) is 41.4 Å². The van der Waals surface area contributed by atoms with Gasteiger partial charge in [0.1, 0.15) is 11.6 Å². The summed E-state index contributed by atoms with van der Waals surface area (Å²) >= 11 is 6.28. The minimum absolute atomic E-state index is 0.243. The lowest BCUT2D eigenvalue weighted by Gasteiger charge is -2.54. The lowest BCUT2D eigenvalue weighted by atomic mass is 9.50. The minimum Gasteiger partial charge on any atom is -0.477 e. The molecule has 2 N–H and O–H groups in total. The average Bonchev–Trinajstić information content (AvgIpc) is 3.58. The number of carbonyl (C=O) groups excluding carboxylic acids is 1. The maximum atomic E-state index is 13.3. The van der Waals surface area contributed by atoms with E-state index in [9.17, 15) is 18.3 Å². The van der Waals surface area contributed by atoms with Crippen LogP contribution >= 0.6 is 11.6 Å². The number of aliphatic hydroxyl groups is 1. The molecule has 38 heavy (non-hydrogen) atoms. The van der Waals surface area contributed by atoms with E-state index in [2.05, 4.69) is 9.71 Å². The molecule has 1 aliphatic heterocycles. The fourth-order valence-corrected chi connectivity index (χ4v) is 7.50. The number of anilines is 1. The molecular weight excluding hydrogens is 526 g/mol. The number of nitrogens with zero attached hydrogens (tertiary/aromatic N) is 2. The van der Waals surface area contributed by atoms with Crippen LogP contribution in [0.5, 0.6) is 5.75 Å². The third-order valence-electron chi connectivity index (χ3n) is 8.82. The quantitative estimate of drug-likeness (QED) is 0.512. The van der Waals surface area contributed by atoms with Crippen molar-refractivity contribution in [3.05, 3.63) is 47.0 Å². The van der Waals surface area contributed by atoms with Gasteiger partial charge in [-0.3, -0.25) is 4.79 Å². The molecule has 1 aromatic heterocycles. The number of benzene rings is 1. The molecule has 3 saturated carbocycles. The van der Waals surface area contributed by atoms with Gasteiger partial charge in [0, 0.05) is 31.0 Å². The van der Waals surface area contributed by atoms with E-state index in [0.29, 0.717) is 60.3 Å². The number of pyridine rings is 1. The van der Waals surface area contributed by atoms with E-state index >= 15 is 0 Å². The molecule has 1 aromatic carbocycles. The van der Waals surface area contributed by atoms with Crippen molar-refractivity contribution in [3.63, 3.8) is 0 Å². The van der Waals surface area contributed by atoms with Gasteiger partial charge in [0.05, 0.1) is 5.60 Å². The third-order valence-corrected chi connectivity index (χ3v) is 10.3. The average molecular weight is 560 g/mol. The van der Waals surface area contributed by atoms with Crippen LogP contribution in [0.2, 0.25) is 5.02 Å². The first kappa shape index (κ1) is 25.9. The molecule has 1 spiro atoms. The molecule has 2 heterocycles. The number of ether oxygens (including phenoxy) is 1. The van der Waals surface area contributed by atoms with E-state index in [1.54, 1.807) is 25.1 Å². The molecule has 1 unspecified atom stereocenters. The molecule has 1 atom stereocenters. The number of rotatable bonds is 7. The van der Waals surface area contributed by atoms with Crippen molar-refractivity contribution in [1.29, 1.82) is 0 Å². The fourth-order valence-electron chi connectivity index (χ4n) is 6.34. The van der Waals surface area contributed by atoms with Gasteiger partial charge in [-0.25, -0.2) is 9.71 Å². The zero-order valence-electron chi connectivity index (χ0n) is 21.6. The highest BCUT2D eigenvalue weighted by Crippen LogP contribution is 2.63. The third kappa shape index (κ3) is 4.89. The van der Waals surface area contributed by atoms with E-state index in [1.807, 2.05) is 17.0 Å². The van der Waals surface area contributed by atoms with Crippen LogP contribution in [0.25, 0.3) is 0 Å². The second kappa shape index (κ2) is 9.10. The number of sulfonamides is 1. The summed E-state index contributed by atoms with van der Waals surface area (Å²) in [6.07, 6.45) is 8.39. The van der Waals surface area contributed by atoms with Gasteiger partial charge in [0.2, 0.25) is 0 Å². The number of halogens is 1. The predicted octanol–water partition coefficient (Wildman–Crippen LogP) is 4.55. The molecule has 4 aliphatic rings. The van der Waals surface area contributed by atoms with Crippen LogP contribution in [0.4, 0.5) is 5.82 Å². The first-order valence-corrected chi connectivity index (χ1v) is 15.3. The van der Waals surface area contributed by atoms with E-state index in [1.165, 1.54) is 25.3 Å². The van der Waals surface area contributed by atoms with Crippen molar-refractivity contribution in [2.45, 2.75) is 86.9 Å². The number of piperidine rings is 1. The SMILES string of the molecule is CC1(O)CCCN(c2cccc(S(=O)(=O)NC(=O)C3(Oc4cc(Cl)ccc4C4CC5(CCC5)C4)CC3)n2)C1. The minimum atomic E-state index is -4.23. The van der Waals surface area contributed by atoms with Crippen LogP contribution in [0, 0.1) is 5.41 Å². The molecule has 3 aliphatic carbocycles. The zero-order chi connectivity index (χ0) is 26.8. The number of hydrogen-bond donors (Lipinski definition) is 2. The second-order valence-corrected chi connectivity index (χ2v) is 14.1. The monoisotopic (exact) mass is 559 g/mol. The largest absolute Gasteiger partial charge is 0.477 e. The van der Waals surface area contributed by atoms with Crippen molar-refractivity contribution in [1.82, 2.24) is 9.71 Å². The zero-order valence-corrected chi connectivity index (χ0v) is 23.2. The topological polar surface area (TPSA) is 109 Å². The number of nitrogens with one attached hydrogen (secondary N) is 1. The molecule has 2 aromatic rings. The van der Waals surface area contributed by atoms with Crippen molar-refractivity contribution < 1.29 is 23.1 Å². The van der Waals surface area contributed by atoms with Crippen LogP contribution in [0.3, 0.4) is 0 Å². The molecule has 0 bridgehead atoms. The lowest BCUT2D eigenvalue weighted by Crippen LogP contribution is -2.46. The van der Waals surface area contributed by atoms with Crippen LogP contribution in [-0.2, 0) is 14.8 Å². The van der Waals surface area contributed by atoms with Crippen molar-refractivity contribution in [2.75, 3.05) is 18.0 Å². The summed E-state index contributed by atoms with van der Waals surface area (Å²) in [5.41, 5.74) is -0.583. The summed E-state index contributed by atoms with van der Waals surface area (Å²) in [7, 11) is -4.23. The molecule has 10 heteroatoms. The first-order valence-electron chi connectivity index (χ1n) is 13.5. The number of β-amino-alcohol motifs (C(OH)–C–C–N with tert-alkyl or cyclic N) is 1. The molecule has 0 radical (unpaired) electrons. The number of aromatic nitrogens is 1. The Labute approximate surface area is 228 Å². The Balaban J connectivity index is 1.17. The highest BCUT2D eigenvalue weighted by molar-refractivity contribution is 7.90. The van der Waals surface area contributed by atoms with Gasteiger partial charge in [0.15, 0.2) is 10.6 Å². The van der Waals surface area contributed by atoms with Gasteiger partial charge in [-0.2, -0.15) is 8.42 Å². The lowest BCUT2D eigenvalue weighted by molar-refractivity contribution is -0.128. The van der Waals surface area contributed by atoms with Crippen molar-refractivity contribution in [3.8, 4) is 5.75 Å². The normalized spacial score (nSPS) is 25.8. The molecule has 1 amide bonds. The van der Waals surface area contributed by atoms with Crippen LogP contribution in [0.1, 0.15) is 76.2 Å². The summed E-state index contributed by atoms with van der Waals surface area (Å²) in [6.45, 7) is 2.79. The molecule has 8 nitrogen and oxygen atoms in total. The van der Waals surface area contributed by atoms with E-state index in [0.717, 1.165) is 24.8 Å². The summed E-state index contributed by atoms with van der Waals surface area (Å²) in [4.78, 5) is 19.5. The highest BCUT2D eigenvalue weighted by Gasteiger charge is 2.55. The van der Waals surface area contributed by atoms with Crippen LogP contribution in [-0.4, -0.2) is 48.7 Å². The standard InChI is InChI=1S/C28H34ClN3O5S/c1-26(34)9-4-14-32(18-26)23-5-2-6-24(30-23)38(35,36)31-25(33)28(12-13-28)37-22-15-20(29)7-8-21(22)19-16-27(17-19)10-3-11-27/h2,5-8,15,19,34H,3-4,9-14,16-18H2,1H3,(H,31,33). The van der Waals surface area contributed by atoms with E-state index < -0.39 is 27.1 Å². The Kier molecular flexibility index (Phi) is 6.20. The molecule has 1 saturated heterocycles. The van der Waals surface area contributed by atoms with Gasteiger partial charge in [-0.1, -0.05) is 30.2 Å². The maximum Gasteiger partial charge on any atom is 0.281 e. The van der Waals surface area contributed by atoms with Gasteiger partial charge >= 0.3 is 0 Å². The smallest absolute Gasteiger partial charge is 0.281 e. The summed E-state index contributed by atoms with van der Waals surface area (Å²) < 4.78 is 34.9. The molecule has 6 rings (SSSR count). The van der Waals surface area contributed by atoms with Gasteiger partial charge in [0.25, 0.3) is 15.9 Å². The summed E-state index contributed by atoms with van der Waals surface area (Å²) in [5.74, 6) is 0.693. The van der Waals surface area contributed by atoms with Crippen molar-refractivity contribution >= 4 is 33.3 Å². The Hall–Kier alpha value is -2.36. The second-order valence-electron chi connectivity index (χ2n) is 12.0. The first-order chi connectivity index (χ1) is 18.0. The van der Waals surface area contributed by atoms with Gasteiger partial charge < -0.3 is 14.7 Å². The van der Waals surface area contributed by atoms with Crippen molar-refractivity contribution in [2.24, 2.45) is 5.41 Å². The van der Waals surface area contributed by atoms with Gasteiger partial charge in [-0.15, -0.1) is 0 Å². The molecule has 204 valence electrons. The Morgan fingerprint density at radius 2 is 1.89 bits per heavy atom. The van der Waals surface area contributed by atoms with Gasteiger partial charge in [-0.05, 0) is 86.6 Å². The Bertz CT molecular complexity index is 1360. The summed E-state index contributed by atoms with van der Waals surface area (Å²) in [5, 5.41) is 10.7. The molecule has 4 fully saturated rings. The maximum absolute atomic E-state index is 13.3.